The lowest BCUT2D eigenvalue weighted by molar-refractivity contribution is -0.192. The van der Waals surface area contributed by atoms with Gasteiger partial charge in [0.15, 0.2) is 0 Å². The van der Waals surface area contributed by atoms with Crippen LogP contribution in [0.2, 0.25) is 0 Å². The van der Waals surface area contributed by atoms with Gasteiger partial charge >= 0.3 is 0 Å². The van der Waals surface area contributed by atoms with Crippen LogP contribution in [0.25, 0.3) is 21.8 Å². The molecule has 2 unspecified atom stereocenters. The number of aromatic amines is 1. The Morgan fingerprint density at radius 2 is 1.84 bits per heavy atom. The normalized spacial score (nSPS) is 13.9. The van der Waals surface area contributed by atoms with E-state index >= 15 is 0 Å². The van der Waals surface area contributed by atoms with E-state index < -0.39 is 0 Å². The maximum absolute atomic E-state index is 12.8. The molecule has 2 atom stereocenters. The summed E-state index contributed by atoms with van der Waals surface area (Å²) in [5.41, 5.74) is 3.23. The topological polar surface area (TPSA) is 45.3 Å². The lowest BCUT2D eigenvalue weighted by Gasteiger charge is -2.29. The van der Waals surface area contributed by atoms with Crippen molar-refractivity contribution in [1.82, 2.24) is 10.0 Å². The number of H-pyrrole nitrogens is 1. The van der Waals surface area contributed by atoms with Crippen molar-refractivity contribution < 1.29 is 9.63 Å². The van der Waals surface area contributed by atoms with Gasteiger partial charge < -0.3 is 4.98 Å². The molecule has 1 aromatic heterocycles. The molecule has 4 nitrogen and oxygen atoms in total. The van der Waals surface area contributed by atoms with Crippen molar-refractivity contribution in [2.45, 2.75) is 39.7 Å². The monoisotopic (exact) mass is 338 g/mol. The van der Waals surface area contributed by atoms with E-state index in [1.54, 1.807) is 7.11 Å². The summed E-state index contributed by atoms with van der Waals surface area (Å²) < 4.78 is 0. The highest BCUT2D eigenvalue weighted by Crippen LogP contribution is 2.33. The first-order valence-corrected chi connectivity index (χ1v) is 8.95. The van der Waals surface area contributed by atoms with Crippen molar-refractivity contribution in [2.24, 2.45) is 5.92 Å². The predicted octanol–water partition coefficient (Wildman–Crippen LogP) is 5.21. The van der Waals surface area contributed by atoms with E-state index in [-0.39, 0.29) is 17.9 Å². The van der Waals surface area contributed by atoms with Crippen LogP contribution in [0.15, 0.2) is 42.5 Å². The summed E-state index contributed by atoms with van der Waals surface area (Å²) in [6.07, 6.45) is 1.85. The third-order valence-corrected chi connectivity index (χ3v) is 4.93. The van der Waals surface area contributed by atoms with Crippen LogP contribution in [-0.2, 0) is 9.63 Å². The number of rotatable bonds is 6. The highest BCUT2D eigenvalue weighted by atomic mass is 16.7. The molecule has 0 bridgehead atoms. The molecule has 132 valence electrons. The van der Waals surface area contributed by atoms with Crippen LogP contribution in [-0.4, -0.2) is 23.1 Å². The van der Waals surface area contributed by atoms with Crippen molar-refractivity contribution in [3.05, 3.63) is 48.0 Å². The molecule has 25 heavy (non-hydrogen) atoms. The van der Waals surface area contributed by atoms with E-state index in [9.17, 15) is 4.79 Å². The Bertz CT molecular complexity index is 884. The number of amides is 1. The highest BCUT2D eigenvalue weighted by molar-refractivity contribution is 6.08. The molecule has 3 aromatic rings. The predicted molar refractivity (Wildman–Crippen MR) is 102 cm³/mol. The second-order valence-corrected chi connectivity index (χ2v) is 6.65. The number of nitrogens with one attached hydrogen (secondary N) is 1. The summed E-state index contributed by atoms with van der Waals surface area (Å²) >= 11 is 0. The van der Waals surface area contributed by atoms with Gasteiger partial charge in [-0.3, -0.25) is 9.63 Å². The van der Waals surface area contributed by atoms with E-state index in [2.05, 4.69) is 36.2 Å². The van der Waals surface area contributed by atoms with Gasteiger partial charge in [-0.1, -0.05) is 56.7 Å². The van der Waals surface area contributed by atoms with Crippen LogP contribution in [0.4, 0.5) is 0 Å². The van der Waals surface area contributed by atoms with Crippen molar-refractivity contribution in [3.8, 4) is 0 Å². The van der Waals surface area contributed by atoms with Gasteiger partial charge in [0.05, 0.1) is 18.7 Å². The summed E-state index contributed by atoms with van der Waals surface area (Å²) in [4.78, 5) is 21.8. The molecule has 0 radical (unpaired) electrons. The fraction of sp³-hybridized carbons (Fsp3) is 0.381. The zero-order chi connectivity index (χ0) is 18.0. The van der Waals surface area contributed by atoms with Gasteiger partial charge in [0.1, 0.15) is 0 Å². The second-order valence-electron chi connectivity index (χ2n) is 6.65. The molecule has 3 rings (SSSR count). The smallest absolute Gasteiger partial charge is 0.249 e. The summed E-state index contributed by atoms with van der Waals surface area (Å²) in [7, 11) is 1.57. The molecule has 1 N–H and O–H groups in total. The van der Waals surface area contributed by atoms with E-state index in [4.69, 9.17) is 4.84 Å². The van der Waals surface area contributed by atoms with Crippen LogP contribution in [0.1, 0.15) is 45.2 Å². The number of para-hydroxylation sites is 2. The fourth-order valence-electron chi connectivity index (χ4n) is 3.58. The Labute approximate surface area is 148 Å². The lowest BCUT2D eigenvalue weighted by atomic mass is 10.0. The summed E-state index contributed by atoms with van der Waals surface area (Å²) in [5, 5.41) is 3.88. The standard InChI is InChI=1S/C21H26N2O2/c1-5-9-14(2)21(24)23(25-4)15(3)16-11-8-12-18-17-10-6-7-13-19(17)22-20(16)18/h6-8,10-15,22H,5,9H2,1-4H3. The molecule has 1 amide bonds. The molecule has 0 fully saturated rings. The molecule has 0 saturated carbocycles. The van der Waals surface area contributed by atoms with E-state index in [1.807, 2.05) is 32.0 Å². The van der Waals surface area contributed by atoms with Crippen molar-refractivity contribution in [2.75, 3.05) is 7.11 Å². The van der Waals surface area contributed by atoms with Gasteiger partial charge in [0.25, 0.3) is 0 Å². The van der Waals surface area contributed by atoms with Gasteiger partial charge in [0, 0.05) is 27.8 Å². The summed E-state index contributed by atoms with van der Waals surface area (Å²) in [6, 6.07) is 14.3. The zero-order valence-electron chi connectivity index (χ0n) is 15.4. The summed E-state index contributed by atoms with van der Waals surface area (Å²) in [6.45, 7) is 6.07. The van der Waals surface area contributed by atoms with Gasteiger partial charge in [-0.2, -0.15) is 0 Å². The molecule has 0 aliphatic carbocycles. The number of hydroxylamine groups is 2. The van der Waals surface area contributed by atoms with Crippen LogP contribution >= 0.6 is 0 Å². The number of hydrogen-bond donors (Lipinski definition) is 1. The quantitative estimate of drug-likeness (QED) is 0.627. The largest absolute Gasteiger partial charge is 0.354 e. The minimum Gasteiger partial charge on any atom is -0.354 e. The first kappa shape index (κ1) is 17.5. The van der Waals surface area contributed by atoms with Crippen molar-refractivity contribution in [1.29, 1.82) is 0 Å². The molecule has 0 spiro atoms. The van der Waals surface area contributed by atoms with Gasteiger partial charge in [0.2, 0.25) is 5.91 Å². The maximum Gasteiger partial charge on any atom is 0.249 e. The summed E-state index contributed by atoms with van der Waals surface area (Å²) in [5.74, 6) is -0.0146. The molecule has 0 aliphatic heterocycles. The third-order valence-electron chi connectivity index (χ3n) is 4.93. The van der Waals surface area contributed by atoms with Gasteiger partial charge in [-0.15, -0.1) is 0 Å². The van der Waals surface area contributed by atoms with E-state index in [0.29, 0.717) is 0 Å². The Hall–Kier alpha value is -2.33. The average molecular weight is 338 g/mol. The Kier molecular flexibility index (Phi) is 5.09. The van der Waals surface area contributed by atoms with Crippen LogP contribution in [0, 0.1) is 5.92 Å². The SMILES string of the molecule is CCCC(C)C(=O)N(OC)C(C)c1cccc2c1[nH]c1ccccc12. The molecular weight excluding hydrogens is 312 g/mol. The Balaban J connectivity index is 2.03. The van der Waals surface area contributed by atoms with Gasteiger partial charge in [-0.25, -0.2) is 5.06 Å². The zero-order valence-corrected chi connectivity index (χ0v) is 15.4. The number of nitrogens with zero attached hydrogens (tertiary/aromatic N) is 1. The molecule has 0 aliphatic rings. The molecule has 4 heteroatoms. The fourth-order valence-corrected chi connectivity index (χ4v) is 3.58. The minimum atomic E-state index is -0.173. The number of hydrogen-bond acceptors (Lipinski definition) is 2. The van der Waals surface area contributed by atoms with Gasteiger partial charge in [-0.05, 0) is 19.4 Å². The van der Waals surface area contributed by atoms with Crippen LogP contribution < -0.4 is 0 Å². The van der Waals surface area contributed by atoms with E-state index in [1.165, 1.54) is 15.8 Å². The number of carbonyl (C=O) groups is 1. The number of aromatic nitrogens is 1. The first-order chi connectivity index (χ1) is 12.1. The number of fused-ring (bicyclic) bond motifs is 3. The number of carbonyl (C=O) groups excluding carboxylic acids is 1. The first-order valence-electron chi connectivity index (χ1n) is 8.95. The average Bonchev–Trinajstić information content (AvgIpc) is 3.01. The van der Waals surface area contributed by atoms with Crippen molar-refractivity contribution in [3.63, 3.8) is 0 Å². The third kappa shape index (κ3) is 3.14. The van der Waals surface area contributed by atoms with E-state index in [0.717, 1.165) is 29.4 Å². The maximum atomic E-state index is 12.8. The van der Waals surface area contributed by atoms with Crippen LogP contribution in [0.3, 0.4) is 0 Å². The molecule has 2 aromatic carbocycles. The molecule has 0 saturated heterocycles. The molecule has 1 heterocycles. The minimum absolute atomic E-state index is 0.0324. The Morgan fingerprint density at radius 3 is 2.56 bits per heavy atom. The van der Waals surface area contributed by atoms with Crippen molar-refractivity contribution >= 4 is 27.7 Å². The van der Waals surface area contributed by atoms with Crippen LogP contribution in [0.5, 0.6) is 0 Å². The second kappa shape index (κ2) is 7.28. The molecular formula is C21H26N2O2. The Morgan fingerprint density at radius 1 is 1.12 bits per heavy atom. The highest BCUT2D eigenvalue weighted by Gasteiger charge is 2.27. The lowest BCUT2D eigenvalue weighted by Crippen LogP contribution is -2.36. The number of benzene rings is 2.